The number of hydrogen-bond acceptors (Lipinski definition) is 5. The van der Waals surface area contributed by atoms with Crippen LogP contribution >= 0.6 is 11.3 Å². The maximum atomic E-state index is 12.4. The zero-order valence-corrected chi connectivity index (χ0v) is 17.3. The Hall–Kier alpha value is -2.68. The van der Waals surface area contributed by atoms with E-state index in [1.165, 1.54) is 24.3 Å². The summed E-state index contributed by atoms with van der Waals surface area (Å²) in [5, 5.41) is 14.2. The molecule has 0 aliphatic rings. The Morgan fingerprint density at radius 3 is 2.45 bits per heavy atom. The number of rotatable bonds is 9. The van der Waals surface area contributed by atoms with E-state index < -0.39 is 10.0 Å². The van der Waals surface area contributed by atoms with E-state index in [2.05, 4.69) is 10.0 Å². The molecule has 2 aromatic carbocycles. The maximum absolute atomic E-state index is 12.4. The molecule has 1 amide bonds. The van der Waals surface area contributed by atoms with Crippen molar-refractivity contribution in [3.05, 3.63) is 82.0 Å². The molecular formula is C21H22N2O4S2. The summed E-state index contributed by atoms with van der Waals surface area (Å²) in [5.41, 5.74) is 1.30. The minimum atomic E-state index is -3.61. The fourth-order valence-electron chi connectivity index (χ4n) is 2.77. The zero-order chi connectivity index (χ0) is 20.7. The SMILES string of the molecule is O=C(NCCc1cccc(O)c1)c1ccc(S(=O)(=O)NCCc2cccs2)cc1. The summed E-state index contributed by atoms with van der Waals surface area (Å²) in [6.45, 7) is 0.729. The van der Waals surface area contributed by atoms with Crippen LogP contribution in [0.15, 0.2) is 70.9 Å². The number of hydrogen-bond donors (Lipinski definition) is 3. The molecule has 0 unspecified atom stereocenters. The van der Waals surface area contributed by atoms with Gasteiger partial charge in [0, 0.05) is 23.5 Å². The van der Waals surface area contributed by atoms with Crippen molar-refractivity contribution >= 4 is 27.3 Å². The number of benzene rings is 2. The number of amides is 1. The molecule has 8 heteroatoms. The minimum absolute atomic E-state index is 0.125. The highest BCUT2D eigenvalue weighted by molar-refractivity contribution is 7.89. The van der Waals surface area contributed by atoms with Gasteiger partial charge in [-0.2, -0.15) is 0 Å². The van der Waals surface area contributed by atoms with Gasteiger partial charge >= 0.3 is 0 Å². The van der Waals surface area contributed by atoms with Gasteiger partial charge in [-0.25, -0.2) is 13.1 Å². The summed E-state index contributed by atoms with van der Waals surface area (Å²) in [6, 6.07) is 16.6. The third kappa shape index (κ3) is 6.15. The van der Waals surface area contributed by atoms with Gasteiger partial charge in [0.05, 0.1) is 4.90 Å². The third-order valence-corrected chi connectivity index (χ3v) is 6.69. The summed E-state index contributed by atoms with van der Waals surface area (Å²) >= 11 is 1.59. The number of aromatic hydroxyl groups is 1. The highest BCUT2D eigenvalue weighted by Gasteiger charge is 2.14. The van der Waals surface area contributed by atoms with Crippen LogP contribution in [0.3, 0.4) is 0 Å². The van der Waals surface area contributed by atoms with Crippen LogP contribution in [0.4, 0.5) is 0 Å². The van der Waals surface area contributed by atoms with Gasteiger partial charge in [-0.15, -0.1) is 11.3 Å². The average Bonchev–Trinajstić information content (AvgIpc) is 3.21. The molecule has 0 radical (unpaired) electrons. The lowest BCUT2D eigenvalue weighted by Gasteiger charge is -2.08. The van der Waals surface area contributed by atoms with E-state index in [9.17, 15) is 18.3 Å². The molecular weight excluding hydrogens is 408 g/mol. The van der Waals surface area contributed by atoms with Crippen molar-refractivity contribution in [3.8, 4) is 5.75 Å². The van der Waals surface area contributed by atoms with Crippen molar-refractivity contribution in [2.75, 3.05) is 13.1 Å². The number of nitrogens with one attached hydrogen (secondary N) is 2. The molecule has 0 saturated heterocycles. The molecule has 1 heterocycles. The molecule has 0 atom stereocenters. The van der Waals surface area contributed by atoms with E-state index in [0.717, 1.165) is 10.4 Å². The lowest BCUT2D eigenvalue weighted by Crippen LogP contribution is -2.27. The van der Waals surface area contributed by atoms with Gasteiger partial charge in [0.25, 0.3) is 5.91 Å². The van der Waals surface area contributed by atoms with Crippen molar-refractivity contribution in [2.24, 2.45) is 0 Å². The van der Waals surface area contributed by atoms with Crippen molar-refractivity contribution in [1.82, 2.24) is 10.0 Å². The molecule has 0 fully saturated rings. The molecule has 0 aliphatic heterocycles. The molecule has 0 saturated carbocycles. The first-order valence-corrected chi connectivity index (χ1v) is 11.5. The van der Waals surface area contributed by atoms with Crippen LogP contribution in [-0.2, 0) is 22.9 Å². The summed E-state index contributed by atoms with van der Waals surface area (Å²) in [5.74, 6) is -0.0885. The molecule has 3 rings (SSSR count). The van der Waals surface area contributed by atoms with Gasteiger partial charge in [-0.05, 0) is 66.2 Å². The Balaban J connectivity index is 1.50. The second-order valence-corrected chi connectivity index (χ2v) is 9.23. The average molecular weight is 431 g/mol. The largest absolute Gasteiger partial charge is 0.508 e. The van der Waals surface area contributed by atoms with Gasteiger partial charge in [-0.3, -0.25) is 4.79 Å². The fourth-order valence-corrected chi connectivity index (χ4v) is 4.51. The number of sulfonamides is 1. The minimum Gasteiger partial charge on any atom is -0.508 e. The summed E-state index contributed by atoms with van der Waals surface area (Å²) in [7, 11) is -3.61. The van der Waals surface area contributed by atoms with Gasteiger partial charge in [-0.1, -0.05) is 18.2 Å². The first-order valence-electron chi connectivity index (χ1n) is 9.12. The van der Waals surface area contributed by atoms with Crippen LogP contribution < -0.4 is 10.0 Å². The summed E-state index contributed by atoms with van der Waals surface area (Å²) in [4.78, 5) is 13.5. The highest BCUT2D eigenvalue weighted by Crippen LogP contribution is 2.13. The Labute approximate surface area is 174 Å². The second-order valence-electron chi connectivity index (χ2n) is 6.43. The molecule has 0 bridgehead atoms. The van der Waals surface area contributed by atoms with E-state index in [-0.39, 0.29) is 16.6 Å². The number of phenolic OH excluding ortho intramolecular Hbond substituents is 1. The molecule has 3 aromatic rings. The van der Waals surface area contributed by atoms with Crippen molar-refractivity contribution in [3.63, 3.8) is 0 Å². The standard InChI is InChI=1S/C21H22N2O4S2/c24-18-4-1-3-16(15-18)10-12-22-21(25)17-6-8-20(9-7-17)29(26,27)23-13-11-19-5-2-14-28-19/h1-9,14-15,23-24H,10-13H2,(H,22,25). The number of carbonyl (C=O) groups is 1. The van der Waals surface area contributed by atoms with Crippen LogP contribution in [-0.4, -0.2) is 32.5 Å². The predicted molar refractivity (Wildman–Crippen MR) is 114 cm³/mol. The van der Waals surface area contributed by atoms with Gasteiger partial charge in [0.1, 0.15) is 5.75 Å². The molecule has 0 aliphatic carbocycles. The van der Waals surface area contributed by atoms with E-state index >= 15 is 0 Å². The molecule has 29 heavy (non-hydrogen) atoms. The normalized spacial score (nSPS) is 11.3. The van der Waals surface area contributed by atoms with Crippen LogP contribution in [0.5, 0.6) is 5.75 Å². The van der Waals surface area contributed by atoms with E-state index in [0.29, 0.717) is 31.5 Å². The Morgan fingerprint density at radius 2 is 1.76 bits per heavy atom. The van der Waals surface area contributed by atoms with Gasteiger partial charge in [0.2, 0.25) is 10.0 Å². The molecule has 0 spiro atoms. The zero-order valence-electron chi connectivity index (χ0n) is 15.7. The second kappa shape index (κ2) is 9.69. The number of phenols is 1. The molecule has 6 nitrogen and oxygen atoms in total. The van der Waals surface area contributed by atoms with E-state index in [1.54, 1.807) is 29.5 Å². The van der Waals surface area contributed by atoms with Gasteiger partial charge < -0.3 is 10.4 Å². The quantitative estimate of drug-likeness (QED) is 0.486. The first kappa shape index (κ1) is 21.0. The fraction of sp³-hybridized carbons (Fsp3) is 0.190. The summed E-state index contributed by atoms with van der Waals surface area (Å²) < 4.78 is 27.3. The Kier molecular flexibility index (Phi) is 7.03. The highest BCUT2D eigenvalue weighted by atomic mass is 32.2. The van der Waals surface area contributed by atoms with E-state index in [4.69, 9.17) is 0 Å². The maximum Gasteiger partial charge on any atom is 0.251 e. The van der Waals surface area contributed by atoms with E-state index in [1.807, 2.05) is 23.6 Å². The molecule has 152 valence electrons. The lowest BCUT2D eigenvalue weighted by atomic mass is 10.1. The topological polar surface area (TPSA) is 95.5 Å². The van der Waals surface area contributed by atoms with Crippen molar-refractivity contribution in [1.29, 1.82) is 0 Å². The summed E-state index contributed by atoms with van der Waals surface area (Å²) in [6.07, 6.45) is 1.22. The Bertz CT molecular complexity index is 1050. The predicted octanol–water partition coefficient (Wildman–Crippen LogP) is 2.95. The van der Waals surface area contributed by atoms with Crippen LogP contribution in [0.2, 0.25) is 0 Å². The molecule has 1 aromatic heterocycles. The van der Waals surface area contributed by atoms with Gasteiger partial charge in [0.15, 0.2) is 0 Å². The van der Waals surface area contributed by atoms with Crippen LogP contribution in [0.25, 0.3) is 0 Å². The Morgan fingerprint density at radius 1 is 0.966 bits per heavy atom. The van der Waals surface area contributed by atoms with Crippen LogP contribution in [0.1, 0.15) is 20.8 Å². The monoisotopic (exact) mass is 430 g/mol. The third-order valence-electron chi connectivity index (χ3n) is 4.28. The number of carbonyl (C=O) groups excluding carboxylic acids is 1. The smallest absolute Gasteiger partial charge is 0.251 e. The van der Waals surface area contributed by atoms with Crippen molar-refractivity contribution < 1.29 is 18.3 Å². The van der Waals surface area contributed by atoms with Crippen molar-refractivity contribution in [2.45, 2.75) is 17.7 Å². The number of thiophene rings is 1. The van der Waals surface area contributed by atoms with Crippen LogP contribution in [0, 0.1) is 0 Å². The first-order chi connectivity index (χ1) is 13.9. The lowest BCUT2D eigenvalue weighted by molar-refractivity contribution is 0.0954. The molecule has 3 N–H and O–H groups in total.